The number of benzene rings is 2. The highest BCUT2D eigenvalue weighted by atomic mass is 32.1. The quantitative estimate of drug-likeness (QED) is 0.532. The third-order valence-electron chi connectivity index (χ3n) is 4.80. The fraction of sp³-hybridized carbons (Fsp3) is 0.208. The van der Waals surface area contributed by atoms with Crippen LogP contribution in [0.1, 0.15) is 22.2 Å². The number of nitrogens with zero attached hydrogens (tertiary/aromatic N) is 1. The van der Waals surface area contributed by atoms with Gasteiger partial charge in [0.2, 0.25) is 5.91 Å². The third kappa shape index (κ3) is 5.69. The van der Waals surface area contributed by atoms with Gasteiger partial charge in [-0.05, 0) is 47.8 Å². The maximum absolute atomic E-state index is 13.1. The summed E-state index contributed by atoms with van der Waals surface area (Å²) in [5.41, 5.74) is 1.46. The maximum Gasteiger partial charge on any atom is 0.338 e. The van der Waals surface area contributed by atoms with Crippen LogP contribution < -0.4 is 19.7 Å². The molecule has 0 radical (unpaired) electrons. The average molecular weight is 467 g/mol. The number of thiophene rings is 1. The molecule has 3 aromatic rings. The Morgan fingerprint density at radius 1 is 1.03 bits per heavy atom. The van der Waals surface area contributed by atoms with Crippen molar-refractivity contribution in [1.82, 2.24) is 0 Å². The molecule has 0 atom stereocenters. The van der Waals surface area contributed by atoms with Crippen molar-refractivity contribution in [2.75, 3.05) is 30.0 Å². The van der Waals surface area contributed by atoms with E-state index in [1.165, 1.54) is 30.4 Å². The number of anilines is 2. The highest BCUT2D eigenvalue weighted by Gasteiger charge is 2.22. The molecular formula is C24H22N2O6S. The van der Waals surface area contributed by atoms with Gasteiger partial charge in [0, 0.05) is 29.2 Å². The molecule has 0 saturated heterocycles. The minimum atomic E-state index is -0.629. The molecule has 33 heavy (non-hydrogen) atoms. The van der Waals surface area contributed by atoms with E-state index in [0.717, 1.165) is 4.88 Å². The normalized spacial score (nSPS) is 12.0. The highest BCUT2D eigenvalue weighted by Crippen LogP contribution is 2.34. The predicted molar refractivity (Wildman–Crippen MR) is 124 cm³/mol. The third-order valence-corrected chi connectivity index (χ3v) is 5.66. The van der Waals surface area contributed by atoms with E-state index in [4.69, 9.17) is 14.2 Å². The van der Waals surface area contributed by atoms with Crippen LogP contribution in [0, 0.1) is 0 Å². The van der Waals surface area contributed by atoms with Gasteiger partial charge in [0.25, 0.3) is 5.91 Å². The molecule has 1 N–H and O–H groups in total. The number of nitrogens with one attached hydrogen (secondary N) is 1. The molecule has 0 fully saturated rings. The van der Waals surface area contributed by atoms with E-state index in [2.05, 4.69) is 5.32 Å². The number of fused-ring (bicyclic) bond motifs is 1. The summed E-state index contributed by atoms with van der Waals surface area (Å²) in [7, 11) is 0. The minimum absolute atomic E-state index is 0.208. The van der Waals surface area contributed by atoms with Crippen LogP contribution in [0.3, 0.4) is 0 Å². The number of carbonyl (C=O) groups excluding carboxylic acids is 3. The molecule has 0 unspecified atom stereocenters. The Hall–Kier alpha value is -3.85. The zero-order chi connectivity index (χ0) is 23.2. The summed E-state index contributed by atoms with van der Waals surface area (Å²) in [5.74, 6) is -0.0122. The lowest BCUT2D eigenvalue weighted by Crippen LogP contribution is -2.34. The number of hydrogen-bond donors (Lipinski definition) is 1. The summed E-state index contributed by atoms with van der Waals surface area (Å²) in [6.07, 6.45) is 0. The van der Waals surface area contributed by atoms with Gasteiger partial charge in [-0.15, -0.1) is 11.3 Å². The summed E-state index contributed by atoms with van der Waals surface area (Å²) in [6.45, 7) is 2.22. The Balaban J connectivity index is 1.46. The lowest BCUT2D eigenvalue weighted by molar-refractivity contribution is -0.121. The van der Waals surface area contributed by atoms with Crippen molar-refractivity contribution in [2.45, 2.75) is 13.5 Å². The summed E-state index contributed by atoms with van der Waals surface area (Å²) in [4.78, 5) is 39.2. The smallest absolute Gasteiger partial charge is 0.338 e. The van der Waals surface area contributed by atoms with Gasteiger partial charge in [-0.2, -0.15) is 0 Å². The van der Waals surface area contributed by atoms with Gasteiger partial charge in [0.05, 0.1) is 12.1 Å². The molecule has 0 aliphatic carbocycles. The number of esters is 1. The zero-order valence-corrected chi connectivity index (χ0v) is 18.7. The fourth-order valence-corrected chi connectivity index (χ4v) is 3.96. The van der Waals surface area contributed by atoms with Crippen LogP contribution in [0.15, 0.2) is 60.0 Å². The molecule has 0 spiro atoms. The number of carbonyl (C=O) groups is 3. The van der Waals surface area contributed by atoms with E-state index in [-0.39, 0.29) is 17.4 Å². The lowest BCUT2D eigenvalue weighted by atomic mass is 10.2. The SMILES string of the molecule is CC(=O)Nc1ccc(C(=O)OCC(=O)N(Cc2cccs2)c2ccc3c(c2)OCCO3)cc1. The van der Waals surface area contributed by atoms with Gasteiger partial charge in [0.15, 0.2) is 18.1 Å². The number of rotatable bonds is 7. The van der Waals surface area contributed by atoms with Gasteiger partial charge in [0.1, 0.15) is 13.2 Å². The molecule has 2 aromatic carbocycles. The summed E-state index contributed by atoms with van der Waals surface area (Å²) in [5, 5.41) is 4.56. The summed E-state index contributed by atoms with van der Waals surface area (Å²) in [6, 6.07) is 15.4. The molecular weight excluding hydrogens is 444 g/mol. The van der Waals surface area contributed by atoms with Gasteiger partial charge in [-0.25, -0.2) is 4.79 Å². The van der Waals surface area contributed by atoms with Crippen LogP contribution in [0.2, 0.25) is 0 Å². The van der Waals surface area contributed by atoms with Crippen LogP contribution in [0.4, 0.5) is 11.4 Å². The molecule has 1 aliphatic heterocycles. The first-order valence-corrected chi connectivity index (χ1v) is 11.1. The molecule has 0 saturated carbocycles. The maximum atomic E-state index is 13.1. The van der Waals surface area contributed by atoms with Crippen molar-refractivity contribution in [3.05, 3.63) is 70.4 Å². The second kappa shape index (κ2) is 10.2. The van der Waals surface area contributed by atoms with Crippen LogP contribution in [-0.2, 0) is 20.9 Å². The summed E-state index contributed by atoms with van der Waals surface area (Å²) >= 11 is 1.53. The molecule has 1 aliphatic rings. The van der Waals surface area contributed by atoms with Crippen molar-refractivity contribution in [2.24, 2.45) is 0 Å². The Labute approximate surface area is 194 Å². The number of hydrogen-bond acceptors (Lipinski definition) is 7. The standard InChI is InChI=1S/C24H22N2O6S/c1-16(27)25-18-6-4-17(5-7-18)24(29)32-15-23(28)26(14-20-3-2-12-33-20)19-8-9-21-22(13-19)31-11-10-30-21/h2-9,12-13H,10-11,14-15H2,1H3,(H,25,27). The number of ether oxygens (including phenoxy) is 3. The fourth-order valence-electron chi connectivity index (χ4n) is 3.26. The van der Waals surface area contributed by atoms with Crippen molar-refractivity contribution in [3.63, 3.8) is 0 Å². The van der Waals surface area contributed by atoms with Crippen molar-refractivity contribution >= 4 is 40.5 Å². The molecule has 2 amide bonds. The van der Waals surface area contributed by atoms with E-state index in [1.54, 1.807) is 35.2 Å². The number of amides is 2. The van der Waals surface area contributed by atoms with Crippen LogP contribution in [-0.4, -0.2) is 37.6 Å². The monoisotopic (exact) mass is 466 g/mol. The molecule has 2 heterocycles. The second-order valence-electron chi connectivity index (χ2n) is 7.22. The Morgan fingerprint density at radius 3 is 2.48 bits per heavy atom. The first-order valence-electron chi connectivity index (χ1n) is 10.3. The van der Waals surface area contributed by atoms with Crippen molar-refractivity contribution in [1.29, 1.82) is 0 Å². The van der Waals surface area contributed by atoms with Crippen molar-refractivity contribution in [3.8, 4) is 11.5 Å². The highest BCUT2D eigenvalue weighted by molar-refractivity contribution is 7.09. The molecule has 9 heteroatoms. The minimum Gasteiger partial charge on any atom is -0.486 e. The van der Waals surface area contributed by atoms with Crippen LogP contribution in [0.5, 0.6) is 11.5 Å². The molecule has 4 rings (SSSR count). The van der Waals surface area contributed by atoms with E-state index in [9.17, 15) is 14.4 Å². The Bertz CT molecular complexity index is 1140. The first kappa shape index (κ1) is 22.3. The second-order valence-corrected chi connectivity index (χ2v) is 8.25. The lowest BCUT2D eigenvalue weighted by Gasteiger charge is -2.25. The topological polar surface area (TPSA) is 94.2 Å². The molecule has 0 bridgehead atoms. The molecule has 8 nitrogen and oxygen atoms in total. The van der Waals surface area contributed by atoms with Gasteiger partial charge in [-0.1, -0.05) is 6.07 Å². The van der Waals surface area contributed by atoms with E-state index < -0.39 is 12.6 Å². The zero-order valence-electron chi connectivity index (χ0n) is 17.9. The molecule has 170 valence electrons. The molecule has 1 aromatic heterocycles. The van der Waals surface area contributed by atoms with E-state index >= 15 is 0 Å². The Morgan fingerprint density at radius 2 is 1.79 bits per heavy atom. The summed E-state index contributed by atoms with van der Waals surface area (Å²) < 4.78 is 16.5. The van der Waals surface area contributed by atoms with E-state index in [1.807, 2.05) is 17.5 Å². The van der Waals surface area contributed by atoms with Crippen LogP contribution in [0.25, 0.3) is 0 Å². The largest absolute Gasteiger partial charge is 0.486 e. The van der Waals surface area contributed by atoms with E-state index in [0.29, 0.717) is 42.6 Å². The van der Waals surface area contributed by atoms with Gasteiger partial charge in [-0.3, -0.25) is 9.59 Å². The predicted octanol–water partition coefficient (Wildman–Crippen LogP) is 3.87. The Kier molecular flexibility index (Phi) is 6.89. The average Bonchev–Trinajstić information content (AvgIpc) is 3.34. The van der Waals surface area contributed by atoms with Gasteiger partial charge < -0.3 is 24.4 Å². The first-order chi connectivity index (χ1) is 16.0. The van der Waals surface area contributed by atoms with Gasteiger partial charge >= 0.3 is 5.97 Å². The van der Waals surface area contributed by atoms with Crippen molar-refractivity contribution < 1.29 is 28.6 Å². The van der Waals surface area contributed by atoms with Crippen LogP contribution >= 0.6 is 11.3 Å².